The van der Waals surface area contributed by atoms with Crippen LogP contribution < -0.4 is 5.73 Å². The lowest BCUT2D eigenvalue weighted by Crippen LogP contribution is -2.49. The van der Waals surface area contributed by atoms with Crippen molar-refractivity contribution in [3.8, 4) is 0 Å². The molecule has 9 nitrogen and oxygen atoms in total. The number of tetrazole rings is 1. The highest BCUT2D eigenvalue weighted by Gasteiger charge is 2.49. The third-order valence-corrected chi connectivity index (χ3v) is 8.29. The molecule has 38 heavy (non-hydrogen) atoms. The second-order valence-corrected chi connectivity index (χ2v) is 11.4. The number of amides is 2. The van der Waals surface area contributed by atoms with Crippen LogP contribution in [0, 0.1) is 0 Å². The Labute approximate surface area is 223 Å². The molecule has 9 heteroatoms. The quantitative estimate of drug-likeness (QED) is 0.539. The van der Waals surface area contributed by atoms with Crippen LogP contribution in [0.3, 0.4) is 0 Å². The van der Waals surface area contributed by atoms with E-state index in [0.717, 1.165) is 47.9 Å². The fourth-order valence-electron chi connectivity index (χ4n) is 6.44. The first-order chi connectivity index (χ1) is 18.1. The van der Waals surface area contributed by atoms with Crippen LogP contribution in [0.4, 0.5) is 0 Å². The fraction of sp³-hybridized carbons (Fsp3) is 0.483. The van der Waals surface area contributed by atoms with Gasteiger partial charge in [0.2, 0.25) is 0 Å². The summed E-state index contributed by atoms with van der Waals surface area (Å²) in [4.78, 5) is 29.0. The molecule has 0 aliphatic heterocycles. The standard InChI is InChI=1S/C29H37N7O2/c1-35(2)25(37)21-10-12-23-19(16-21)8-9-20-17-22(26(38)36(3)4)11-13-24(20)29(23,27-31-33-34-32-27)18-28(30)14-6-5-7-15-28/h10-13,16-17H,5-9,14-15,18,30H2,1-4H3,(H,31,32,33,34). The highest BCUT2D eigenvalue weighted by molar-refractivity contribution is 5.95. The number of aromatic amines is 1. The van der Waals surface area contributed by atoms with Gasteiger partial charge in [-0.2, -0.15) is 5.21 Å². The Morgan fingerprint density at radius 1 is 0.868 bits per heavy atom. The number of aryl methyl sites for hydroxylation is 2. The zero-order valence-corrected chi connectivity index (χ0v) is 22.8. The molecule has 0 saturated heterocycles. The number of nitrogens with one attached hydrogen (secondary N) is 1. The Morgan fingerprint density at radius 3 is 1.84 bits per heavy atom. The summed E-state index contributed by atoms with van der Waals surface area (Å²) in [5, 5.41) is 15.8. The number of hydrogen-bond acceptors (Lipinski definition) is 6. The van der Waals surface area contributed by atoms with Gasteiger partial charge in [-0.05, 0) is 78.6 Å². The summed E-state index contributed by atoms with van der Waals surface area (Å²) in [7, 11) is 7.05. The maximum absolute atomic E-state index is 12.9. The number of fused-ring (bicyclic) bond motifs is 2. The third-order valence-electron chi connectivity index (χ3n) is 8.29. The van der Waals surface area contributed by atoms with Gasteiger partial charge < -0.3 is 15.5 Å². The van der Waals surface area contributed by atoms with Crippen molar-refractivity contribution in [1.29, 1.82) is 0 Å². The average molecular weight is 516 g/mol. The lowest BCUT2D eigenvalue weighted by molar-refractivity contribution is 0.0820. The Bertz CT molecular complexity index is 1270. The van der Waals surface area contributed by atoms with Gasteiger partial charge in [0.25, 0.3) is 11.8 Å². The predicted octanol–water partition coefficient (Wildman–Crippen LogP) is 3.09. The third kappa shape index (κ3) is 4.49. The van der Waals surface area contributed by atoms with Gasteiger partial charge in [0, 0.05) is 44.9 Å². The van der Waals surface area contributed by atoms with Gasteiger partial charge in [-0.15, -0.1) is 10.2 Å². The Morgan fingerprint density at radius 2 is 1.39 bits per heavy atom. The van der Waals surface area contributed by atoms with Crippen molar-refractivity contribution in [2.75, 3.05) is 28.2 Å². The molecule has 0 atom stereocenters. The van der Waals surface area contributed by atoms with Crippen molar-refractivity contribution < 1.29 is 9.59 Å². The van der Waals surface area contributed by atoms with Crippen LogP contribution in [0.15, 0.2) is 36.4 Å². The van der Waals surface area contributed by atoms with E-state index in [1.165, 1.54) is 6.42 Å². The highest BCUT2D eigenvalue weighted by atomic mass is 16.2. The van der Waals surface area contributed by atoms with Crippen LogP contribution in [0.2, 0.25) is 0 Å². The molecule has 200 valence electrons. The van der Waals surface area contributed by atoms with Gasteiger partial charge in [-0.3, -0.25) is 9.59 Å². The van der Waals surface area contributed by atoms with E-state index in [1.807, 2.05) is 24.3 Å². The van der Waals surface area contributed by atoms with Crippen molar-refractivity contribution in [2.45, 2.75) is 62.3 Å². The van der Waals surface area contributed by atoms with E-state index in [9.17, 15) is 9.59 Å². The topological polar surface area (TPSA) is 121 Å². The molecule has 1 saturated carbocycles. The van der Waals surface area contributed by atoms with Gasteiger partial charge >= 0.3 is 0 Å². The number of aromatic nitrogens is 4. The molecule has 0 bridgehead atoms. The first-order valence-electron chi connectivity index (χ1n) is 13.4. The molecular weight excluding hydrogens is 478 g/mol. The van der Waals surface area contributed by atoms with Gasteiger partial charge in [-0.1, -0.05) is 36.6 Å². The molecule has 5 rings (SSSR count). The minimum Gasteiger partial charge on any atom is -0.345 e. The molecule has 1 aromatic heterocycles. The Kier molecular flexibility index (Phi) is 6.81. The molecule has 3 aromatic rings. The molecule has 0 radical (unpaired) electrons. The normalized spacial score (nSPS) is 17.6. The maximum atomic E-state index is 12.9. The van der Waals surface area contributed by atoms with Crippen LogP contribution in [0.5, 0.6) is 0 Å². The monoisotopic (exact) mass is 515 g/mol. The largest absolute Gasteiger partial charge is 0.345 e. The number of nitrogens with zero attached hydrogens (tertiary/aromatic N) is 5. The summed E-state index contributed by atoms with van der Waals surface area (Å²) < 4.78 is 0. The molecular formula is C29H37N7O2. The van der Waals surface area contributed by atoms with E-state index in [1.54, 1.807) is 38.0 Å². The Balaban J connectivity index is 1.78. The lowest BCUT2D eigenvalue weighted by atomic mass is 9.62. The summed E-state index contributed by atoms with van der Waals surface area (Å²) in [5.74, 6) is 0.484. The summed E-state index contributed by atoms with van der Waals surface area (Å²) >= 11 is 0. The number of hydrogen-bond donors (Lipinski definition) is 2. The molecule has 2 amide bonds. The van der Waals surface area contributed by atoms with E-state index in [2.05, 4.69) is 32.8 Å². The zero-order valence-electron chi connectivity index (χ0n) is 22.8. The van der Waals surface area contributed by atoms with E-state index < -0.39 is 11.0 Å². The number of nitrogens with two attached hydrogens (primary N) is 1. The van der Waals surface area contributed by atoms with Gasteiger partial charge in [0.15, 0.2) is 5.82 Å². The molecule has 0 spiro atoms. The number of H-pyrrole nitrogens is 1. The minimum absolute atomic E-state index is 0.0406. The predicted molar refractivity (Wildman–Crippen MR) is 145 cm³/mol. The number of rotatable bonds is 5. The Hall–Kier alpha value is -3.59. The zero-order chi connectivity index (χ0) is 27.1. The van der Waals surface area contributed by atoms with E-state index in [-0.39, 0.29) is 11.8 Å². The van der Waals surface area contributed by atoms with Crippen LogP contribution in [0.25, 0.3) is 0 Å². The smallest absolute Gasteiger partial charge is 0.253 e. The number of carbonyl (C=O) groups is 2. The highest BCUT2D eigenvalue weighted by Crippen LogP contribution is 2.50. The maximum Gasteiger partial charge on any atom is 0.253 e. The SMILES string of the molecule is CN(C)C(=O)c1ccc2c(c1)CCc1cc(C(=O)N(C)C)ccc1C2(CC1(N)CCCCC1)c1nn[nH]n1. The minimum atomic E-state index is -0.778. The van der Waals surface area contributed by atoms with E-state index in [0.29, 0.717) is 36.2 Å². The van der Waals surface area contributed by atoms with Crippen molar-refractivity contribution >= 4 is 11.8 Å². The van der Waals surface area contributed by atoms with Crippen molar-refractivity contribution in [1.82, 2.24) is 30.4 Å². The lowest BCUT2D eigenvalue weighted by Gasteiger charge is -2.43. The van der Waals surface area contributed by atoms with Crippen LogP contribution >= 0.6 is 0 Å². The van der Waals surface area contributed by atoms with Crippen LogP contribution in [-0.4, -0.2) is 76.0 Å². The summed E-state index contributed by atoms with van der Waals surface area (Å²) in [6, 6.07) is 11.9. The van der Waals surface area contributed by atoms with Crippen molar-refractivity contribution in [3.05, 3.63) is 75.6 Å². The fourth-order valence-corrected chi connectivity index (χ4v) is 6.44. The molecule has 3 N–H and O–H groups in total. The first-order valence-corrected chi connectivity index (χ1v) is 13.4. The van der Waals surface area contributed by atoms with Gasteiger partial charge in [0.1, 0.15) is 0 Å². The summed E-state index contributed by atoms with van der Waals surface area (Å²) in [6.45, 7) is 0. The second kappa shape index (κ2) is 9.94. The number of benzene rings is 2. The van der Waals surface area contributed by atoms with Crippen LogP contribution in [-0.2, 0) is 18.3 Å². The molecule has 1 fully saturated rings. The van der Waals surface area contributed by atoms with E-state index >= 15 is 0 Å². The number of carbonyl (C=O) groups excluding carboxylic acids is 2. The molecule has 0 unspecified atom stereocenters. The molecule has 1 heterocycles. The van der Waals surface area contributed by atoms with Gasteiger partial charge in [0.05, 0.1) is 5.41 Å². The summed E-state index contributed by atoms with van der Waals surface area (Å²) in [6.07, 6.45) is 7.25. The van der Waals surface area contributed by atoms with Crippen LogP contribution in [0.1, 0.15) is 87.3 Å². The summed E-state index contributed by atoms with van der Waals surface area (Å²) in [5.41, 5.74) is 11.5. The molecule has 2 aliphatic rings. The van der Waals surface area contributed by atoms with E-state index in [4.69, 9.17) is 5.73 Å². The molecule has 2 aliphatic carbocycles. The second-order valence-electron chi connectivity index (χ2n) is 11.4. The van der Waals surface area contributed by atoms with Crippen molar-refractivity contribution in [2.24, 2.45) is 5.73 Å². The molecule has 2 aromatic carbocycles. The van der Waals surface area contributed by atoms with Gasteiger partial charge in [-0.25, -0.2) is 0 Å². The average Bonchev–Trinajstić information content (AvgIpc) is 3.41. The van der Waals surface area contributed by atoms with Crippen molar-refractivity contribution in [3.63, 3.8) is 0 Å². The first kappa shape index (κ1) is 26.0.